The van der Waals surface area contributed by atoms with Gasteiger partial charge >= 0.3 is 5.97 Å². The van der Waals surface area contributed by atoms with E-state index in [1.165, 1.54) is 11.8 Å². The molecule has 0 spiro atoms. The van der Waals surface area contributed by atoms with Crippen LogP contribution in [0.15, 0.2) is 24.3 Å². The minimum absolute atomic E-state index is 0.00939. The summed E-state index contributed by atoms with van der Waals surface area (Å²) in [5, 5.41) is 12.0. The summed E-state index contributed by atoms with van der Waals surface area (Å²) >= 11 is 5.86. The van der Waals surface area contributed by atoms with E-state index in [0.717, 1.165) is 5.56 Å². The van der Waals surface area contributed by atoms with Crippen LogP contribution < -0.4 is 5.32 Å². The standard InChI is InChI=1S/C13H17ClN2O3/c1-9(13(18)19)15-7-12(17)16(2)8-10-4-3-5-11(14)6-10/h3-6,9,15H,7-8H2,1-2H3,(H,18,19)/t9-/m1/s1. The molecule has 0 unspecified atom stereocenters. The number of amides is 1. The maximum atomic E-state index is 11.8. The van der Waals surface area contributed by atoms with E-state index < -0.39 is 12.0 Å². The Morgan fingerprint density at radius 3 is 2.74 bits per heavy atom. The van der Waals surface area contributed by atoms with E-state index in [1.54, 1.807) is 19.2 Å². The van der Waals surface area contributed by atoms with E-state index >= 15 is 0 Å². The van der Waals surface area contributed by atoms with Crippen LogP contribution in [0.2, 0.25) is 5.02 Å². The van der Waals surface area contributed by atoms with E-state index in [4.69, 9.17) is 16.7 Å². The van der Waals surface area contributed by atoms with E-state index in [9.17, 15) is 9.59 Å². The van der Waals surface area contributed by atoms with Crippen LogP contribution in [0.3, 0.4) is 0 Å². The fourth-order valence-electron chi connectivity index (χ4n) is 1.46. The smallest absolute Gasteiger partial charge is 0.320 e. The number of hydrogen-bond donors (Lipinski definition) is 2. The van der Waals surface area contributed by atoms with Gasteiger partial charge in [-0.15, -0.1) is 0 Å². The van der Waals surface area contributed by atoms with Crippen molar-refractivity contribution in [3.05, 3.63) is 34.9 Å². The first-order valence-electron chi connectivity index (χ1n) is 5.84. The average Bonchev–Trinajstić information content (AvgIpc) is 2.35. The number of benzene rings is 1. The molecule has 1 aromatic carbocycles. The molecule has 1 atom stereocenters. The highest BCUT2D eigenvalue weighted by Gasteiger charge is 2.14. The van der Waals surface area contributed by atoms with Crippen LogP contribution in [0.1, 0.15) is 12.5 Å². The van der Waals surface area contributed by atoms with Crippen molar-refractivity contribution in [1.82, 2.24) is 10.2 Å². The molecule has 19 heavy (non-hydrogen) atoms. The molecule has 1 aromatic rings. The van der Waals surface area contributed by atoms with Gasteiger partial charge in [0.2, 0.25) is 5.91 Å². The first-order valence-corrected chi connectivity index (χ1v) is 6.22. The Labute approximate surface area is 117 Å². The Morgan fingerprint density at radius 1 is 1.47 bits per heavy atom. The zero-order valence-corrected chi connectivity index (χ0v) is 11.6. The summed E-state index contributed by atoms with van der Waals surface area (Å²) in [6, 6.07) is 6.51. The SMILES string of the molecule is C[C@@H](NCC(=O)N(C)Cc1cccc(Cl)c1)C(=O)O. The molecule has 0 heterocycles. The number of hydrogen-bond acceptors (Lipinski definition) is 3. The number of carbonyl (C=O) groups is 2. The Hall–Kier alpha value is -1.59. The van der Waals surface area contributed by atoms with Gasteiger partial charge in [-0.2, -0.15) is 0 Å². The van der Waals surface area contributed by atoms with Crippen molar-refractivity contribution in [2.75, 3.05) is 13.6 Å². The molecular weight excluding hydrogens is 268 g/mol. The monoisotopic (exact) mass is 284 g/mol. The van der Waals surface area contributed by atoms with Gasteiger partial charge in [-0.05, 0) is 24.6 Å². The molecule has 0 aromatic heterocycles. The maximum absolute atomic E-state index is 11.8. The Balaban J connectivity index is 2.47. The summed E-state index contributed by atoms with van der Waals surface area (Å²) in [6.45, 7) is 1.92. The third-order valence-electron chi connectivity index (χ3n) is 2.66. The van der Waals surface area contributed by atoms with Gasteiger partial charge in [0.05, 0.1) is 6.54 Å². The summed E-state index contributed by atoms with van der Waals surface area (Å²) in [5.74, 6) is -1.15. The van der Waals surface area contributed by atoms with Gasteiger partial charge in [0.15, 0.2) is 0 Å². The van der Waals surface area contributed by atoms with Crippen LogP contribution in [-0.2, 0) is 16.1 Å². The van der Waals surface area contributed by atoms with Crippen LogP contribution in [0, 0.1) is 0 Å². The second kappa shape index (κ2) is 7.11. The van der Waals surface area contributed by atoms with Gasteiger partial charge in [-0.3, -0.25) is 14.9 Å². The third-order valence-corrected chi connectivity index (χ3v) is 2.90. The fraction of sp³-hybridized carbons (Fsp3) is 0.385. The van der Waals surface area contributed by atoms with Crippen LogP contribution in [0.4, 0.5) is 0 Å². The summed E-state index contributed by atoms with van der Waals surface area (Å²) in [4.78, 5) is 23.9. The highest BCUT2D eigenvalue weighted by Crippen LogP contribution is 2.12. The molecule has 0 aliphatic carbocycles. The number of carbonyl (C=O) groups excluding carboxylic acids is 1. The predicted octanol–water partition coefficient (Wildman–Crippen LogP) is 1.36. The molecular formula is C13H17ClN2O3. The van der Waals surface area contributed by atoms with Crippen molar-refractivity contribution in [3.8, 4) is 0 Å². The third kappa shape index (κ3) is 5.28. The predicted molar refractivity (Wildman–Crippen MR) is 73.0 cm³/mol. The molecule has 0 saturated carbocycles. The minimum atomic E-state index is -0.981. The number of aliphatic carboxylic acids is 1. The highest BCUT2D eigenvalue weighted by molar-refractivity contribution is 6.30. The molecule has 0 aliphatic heterocycles. The molecule has 0 fully saturated rings. The van der Waals surface area contributed by atoms with Gasteiger partial charge < -0.3 is 10.0 Å². The lowest BCUT2D eigenvalue weighted by atomic mass is 10.2. The average molecular weight is 285 g/mol. The topological polar surface area (TPSA) is 69.6 Å². The summed E-state index contributed by atoms with van der Waals surface area (Å²) < 4.78 is 0. The van der Waals surface area contributed by atoms with Crippen molar-refractivity contribution < 1.29 is 14.7 Å². The van der Waals surface area contributed by atoms with Gasteiger partial charge in [-0.25, -0.2) is 0 Å². The quantitative estimate of drug-likeness (QED) is 0.828. The number of nitrogens with one attached hydrogen (secondary N) is 1. The van der Waals surface area contributed by atoms with Crippen LogP contribution in [-0.4, -0.2) is 41.5 Å². The molecule has 6 heteroatoms. The normalized spacial score (nSPS) is 11.9. The highest BCUT2D eigenvalue weighted by atomic mass is 35.5. The van der Waals surface area contributed by atoms with Gasteiger partial charge in [0.1, 0.15) is 6.04 Å². The zero-order valence-electron chi connectivity index (χ0n) is 10.9. The summed E-state index contributed by atoms with van der Waals surface area (Å²) in [6.07, 6.45) is 0. The summed E-state index contributed by atoms with van der Waals surface area (Å²) in [5.41, 5.74) is 0.926. The van der Waals surface area contributed by atoms with Crippen LogP contribution in [0.5, 0.6) is 0 Å². The van der Waals surface area contributed by atoms with Gasteiger partial charge in [0, 0.05) is 18.6 Å². The maximum Gasteiger partial charge on any atom is 0.320 e. The fourth-order valence-corrected chi connectivity index (χ4v) is 1.67. The van der Waals surface area contributed by atoms with E-state index in [-0.39, 0.29) is 12.5 Å². The molecule has 0 saturated heterocycles. The molecule has 1 rings (SSSR count). The zero-order chi connectivity index (χ0) is 14.4. The number of rotatable bonds is 6. The Morgan fingerprint density at radius 2 is 2.16 bits per heavy atom. The van der Waals surface area contributed by atoms with Crippen LogP contribution in [0.25, 0.3) is 0 Å². The van der Waals surface area contributed by atoms with Crippen molar-refractivity contribution in [2.24, 2.45) is 0 Å². The molecule has 5 nitrogen and oxygen atoms in total. The van der Waals surface area contributed by atoms with Crippen LogP contribution >= 0.6 is 11.6 Å². The molecule has 0 radical (unpaired) electrons. The van der Waals surface area contributed by atoms with Crippen molar-refractivity contribution in [3.63, 3.8) is 0 Å². The van der Waals surface area contributed by atoms with E-state index in [1.807, 2.05) is 12.1 Å². The minimum Gasteiger partial charge on any atom is -0.480 e. The lowest BCUT2D eigenvalue weighted by Crippen LogP contribution is -2.41. The molecule has 1 amide bonds. The van der Waals surface area contributed by atoms with E-state index in [2.05, 4.69) is 5.32 Å². The summed E-state index contributed by atoms with van der Waals surface area (Å²) in [7, 11) is 1.66. The lowest BCUT2D eigenvalue weighted by Gasteiger charge is -2.18. The molecule has 0 bridgehead atoms. The second-order valence-electron chi connectivity index (χ2n) is 4.32. The second-order valence-corrected chi connectivity index (χ2v) is 4.76. The number of likely N-dealkylation sites (N-methyl/N-ethyl adjacent to an activating group) is 1. The Kier molecular flexibility index (Phi) is 5.79. The number of carboxylic acids is 1. The largest absolute Gasteiger partial charge is 0.480 e. The van der Waals surface area contributed by atoms with Crippen molar-refractivity contribution in [1.29, 1.82) is 0 Å². The lowest BCUT2D eigenvalue weighted by molar-refractivity contribution is -0.139. The first kappa shape index (κ1) is 15.5. The molecule has 2 N–H and O–H groups in total. The first-order chi connectivity index (χ1) is 8.90. The van der Waals surface area contributed by atoms with E-state index in [0.29, 0.717) is 11.6 Å². The molecule has 0 aliphatic rings. The Bertz CT molecular complexity index is 465. The molecule has 104 valence electrons. The van der Waals surface area contributed by atoms with Gasteiger partial charge in [0.25, 0.3) is 0 Å². The van der Waals surface area contributed by atoms with Crippen molar-refractivity contribution >= 4 is 23.5 Å². The number of carboxylic acid groups (broad SMARTS) is 1. The van der Waals surface area contributed by atoms with Gasteiger partial charge in [-0.1, -0.05) is 23.7 Å². The van der Waals surface area contributed by atoms with Crippen molar-refractivity contribution in [2.45, 2.75) is 19.5 Å². The number of nitrogens with zero attached hydrogens (tertiary/aromatic N) is 1. The number of halogens is 1.